The lowest BCUT2D eigenvalue weighted by molar-refractivity contribution is 1.26. The second-order valence-corrected chi connectivity index (χ2v) is 9.51. The van der Waals surface area contributed by atoms with Crippen LogP contribution in [0.1, 0.15) is 5.56 Å². The summed E-state index contributed by atoms with van der Waals surface area (Å²) in [6, 6.07) is 42.0. The number of hydrogen-bond donors (Lipinski definition) is 1. The predicted octanol–water partition coefficient (Wildman–Crippen LogP) is 5.44. The van der Waals surface area contributed by atoms with Crippen molar-refractivity contribution in [2.24, 2.45) is 5.10 Å². The zero-order chi connectivity index (χ0) is 21.6. The van der Waals surface area contributed by atoms with Crippen molar-refractivity contribution in [2.75, 3.05) is 5.43 Å². The molecule has 1 N–H and O–H groups in total. The number of fused-ring (bicyclic) bond motifs is 1. The summed E-state index contributed by atoms with van der Waals surface area (Å²) in [5.41, 5.74) is 5.14. The minimum atomic E-state index is -0.696. The van der Waals surface area contributed by atoms with Crippen LogP contribution in [0.15, 0.2) is 126 Å². The molecule has 4 aromatic carbocycles. The zero-order valence-corrected chi connectivity index (χ0v) is 18.4. The summed E-state index contributed by atoms with van der Waals surface area (Å²) in [6.07, 6.45) is 1.90. The van der Waals surface area contributed by atoms with Gasteiger partial charge in [-0.05, 0) is 42.0 Å². The molecule has 32 heavy (non-hydrogen) atoms. The van der Waals surface area contributed by atoms with Crippen LogP contribution >= 0.6 is 7.92 Å². The highest BCUT2D eigenvalue weighted by atomic mass is 31.1. The third-order valence-electron chi connectivity index (χ3n) is 5.19. The van der Waals surface area contributed by atoms with Crippen LogP contribution in [-0.2, 0) is 0 Å². The molecule has 0 aliphatic rings. The van der Waals surface area contributed by atoms with Gasteiger partial charge in [-0.15, -0.1) is 0 Å². The molecule has 3 nitrogen and oxygen atoms in total. The molecular formula is C28H22N3P. The van der Waals surface area contributed by atoms with Gasteiger partial charge in [-0.2, -0.15) is 5.10 Å². The zero-order valence-electron chi connectivity index (χ0n) is 17.5. The molecule has 5 rings (SSSR count). The first kappa shape index (κ1) is 20.1. The second kappa shape index (κ2) is 9.55. The summed E-state index contributed by atoms with van der Waals surface area (Å²) in [4.78, 5) is 4.64. The normalized spacial score (nSPS) is 11.3. The van der Waals surface area contributed by atoms with Crippen LogP contribution in [0.2, 0.25) is 0 Å². The maximum atomic E-state index is 4.64. The van der Waals surface area contributed by atoms with E-state index in [9.17, 15) is 0 Å². The molecule has 0 fully saturated rings. The van der Waals surface area contributed by atoms with Crippen molar-refractivity contribution >= 4 is 46.8 Å². The van der Waals surface area contributed by atoms with E-state index in [0.717, 1.165) is 22.3 Å². The van der Waals surface area contributed by atoms with E-state index >= 15 is 0 Å². The first-order valence-electron chi connectivity index (χ1n) is 10.5. The number of pyridine rings is 1. The van der Waals surface area contributed by atoms with Gasteiger partial charge in [-0.3, -0.25) is 5.43 Å². The maximum absolute atomic E-state index is 4.64. The van der Waals surface area contributed by atoms with E-state index in [0.29, 0.717) is 0 Å². The number of hydrogen-bond acceptors (Lipinski definition) is 3. The summed E-state index contributed by atoms with van der Waals surface area (Å²) in [5, 5.41) is 9.55. The molecule has 0 amide bonds. The van der Waals surface area contributed by atoms with Crippen molar-refractivity contribution < 1.29 is 0 Å². The molecule has 154 valence electrons. The van der Waals surface area contributed by atoms with Crippen LogP contribution in [0.25, 0.3) is 10.9 Å². The Kier molecular flexibility index (Phi) is 6.00. The van der Waals surface area contributed by atoms with Gasteiger partial charge < -0.3 is 0 Å². The predicted molar refractivity (Wildman–Crippen MR) is 138 cm³/mol. The summed E-state index contributed by atoms with van der Waals surface area (Å²) in [5.74, 6) is 0.728. The largest absolute Gasteiger partial charge is 0.261 e. The number of rotatable bonds is 6. The molecular weight excluding hydrogens is 409 g/mol. The SMILES string of the molecule is C(=N/Nc1ccc2ccccc2n1)/c1ccccc1P(c1ccccc1)c1ccccc1. The van der Waals surface area contributed by atoms with E-state index in [2.05, 4.69) is 113 Å². The number of nitrogens with zero attached hydrogens (tertiary/aromatic N) is 2. The van der Waals surface area contributed by atoms with Gasteiger partial charge in [-0.1, -0.05) is 103 Å². The minimum absolute atomic E-state index is 0.696. The Balaban J connectivity index is 1.48. The fraction of sp³-hybridized carbons (Fsp3) is 0. The van der Waals surface area contributed by atoms with E-state index < -0.39 is 7.92 Å². The van der Waals surface area contributed by atoms with Crippen molar-refractivity contribution in [3.8, 4) is 0 Å². The fourth-order valence-electron chi connectivity index (χ4n) is 3.68. The second-order valence-electron chi connectivity index (χ2n) is 7.32. The number of anilines is 1. The average Bonchev–Trinajstić information content (AvgIpc) is 2.86. The Morgan fingerprint density at radius 2 is 1.25 bits per heavy atom. The monoisotopic (exact) mass is 431 g/mol. The number of benzene rings is 4. The van der Waals surface area contributed by atoms with Gasteiger partial charge in [0.2, 0.25) is 0 Å². The standard InChI is InChI=1S/C28H22N3P/c1-3-13-24(14-4-1)32(25-15-5-2-6-16-25)27-18-10-8-12-23(27)21-29-31-28-20-19-22-11-7-9-17-26(22)30-28/h1-21H,(H,30,31)/b29-21-. The van der Waals surface area contributed by atoms with E-state index in [1.165, 1.54) is 15.9 Å². The summed E-state index contributed by atoms with van der Waals surface area (Å²) < 4.78 is 0. The highest BCUT2D eigenvalue weighted by Crippen LogP contribution is 2.33. The third kappa shape index (κ3) is 4.44. The smallest absolute Gasteiger partial charge is 0.146 e. The number of hydrazone groups is 1. The van der Waals surface area contributed by atoms with Crippen LogP contribution in [0.5, 0.6) is 0 Å². The van der Waals surface area contributed by atoms with Gasteiger partial charge in [-0.25, -0.2) is 4.98 Å². The molecule has 5 aromatic rings. The molecule has 0 aliphatic carbocycles. The van der Waals surface area contributed by atoms with Gasteiger partial charge in [0.25, 0.3) is 0 Å². The third-order valence-corrected chi connectivity index (χ3v) is 7.71. The van der Waals surface area contributed by atoms with E-state index in [-0.39, 0.29) is 0 Å². The Morgan fingerprint density at radius 3 is 2.00 bits per heavy atom. The lowest BCUT2D eigenvalue weighted by Crippen LogP contribution is -2.23. The molecule has 4 heteroatoms. The Labute approximate surface area is 189 Å². The first-order chi connectivity index (χ1) is 15.9. The molecule has 1 aromatic heterocycles. The Hall–Kier alpha value is -3.81. The van der Waals surface area contributed by atoms with Gasteiger partial charge in [0.05, 0.1) is 11.7 Å². The highest BCUT2D eigenvalue weighted by Gasteiger charge is 2.18. The minimum Gasteiger partial charge on any atom is -0.261 e. The number of para-hydroxylation sites is 1. The molecule has 0 spiro atoms. The number of aromatic nitrogens is 1. The molecule has 0 atom stereocenters. The maximum Gasteiger partial charge on any atom is 0.146 e. The van der Waals surface area contributed by atoms with Gasteiger partial charge in [0.1, 0.15) is 5.82 Å². The van der Waals surface area contributed by atoms with Crippen LogP contribution in [0, 0.1) is 0 Å². The summed E-state index contributed by atoms with van der Waals surface area (Å²) in [6.45, 7) is 0. The summed E-state index contributed by atoms with van der Waals surface area (Å²) in [7, 11) is -0.696. The Bertz CT molecular complexity index is 1310. The fourth-order valence-corrected chi connectivity index (χ4v) is 6.10. The van der Waals surface area contributed by atoms with Crippen LogP contribution < -0.4 is 21.3 Å². The summed E-state index contributed by atoms with van der Waals surface area (Å²) >= 11 is 0. The van der Waals surface area contributed by atoms with Crippen LogP contribution in [-0.4, -0.2) is 11.2 Å². The van der Waals surface area contributed by atoms with E-state index in [1.54, 1.807) is 0 Å². The van der Waals surface area contributed by atoms with Crippen molar-refractivity contribution in [1.29, 1.82) is 0 Å². The molecule has 0 saturated heterocycles. The molecule has 1 heterocycles. The quantitative estimate of drug-likeness (QED) is 0.221. The Morgan fingerprint density at radius 1 is 0.625 bits per heavy atom. The average molecular weight is 431 g/mol. The van der Waals surface area contributed by atoms with Gasteiger partial charge in [0.15, 0.2) is 0 Å². The van der Waals surface area contributed by atoms with E-state index in [1.807, 2.05) is 30.5 Å². The lowest BCUT2D eigenvalue weighted by Gasteiger charge is -2.21. The van der Waals surface area contributed by atoms with Crippen LogP contribution in [0.3, 0.4) is 0 Å². The number of nitrogens with one attached hydrogen (secondary N) is 1. The van der Waals surface area contributed by atoms with E-state index in [4.69, 9.17) is 0 Å². The molecule has 0 saturated carbocycles. The van der Waals surface area contributed by atoms with Gasteiger partial charge >= 0.3 is 0 Å². The first-order valence-corrected chi connectivity index (χ1v) is 11.9. The van der Waals surface area contributed by atoms with Crippen molar-refractivity contribution in [3.63, 3.8) is 0 Å². The molecule has 0 bridgehead atoms. The molecule has 0 aliphatic heterocycles. The van der Waals surface area contributed by atoms with Gasteiger partial charge in [0, 0.05) is 10.9 Å². The van der Waals surface area contributed by atoms with Crippen molar-refractivity contribution in [1.82, 2.24) is 4.98 Å². The van der Waals surface area contributed by atoms with Crippen LogP contribution in [0.4, 0.5) is 5.82 Å². The lowest BCUT2D eigenvalue weighted by atomic mass is 10.2. The van der Waals surface area contributed by atoms with Crippen molar-refractivity contribution in [3.05, 3.63) is 127 Å². The molecule has 0 radical (unpaired) electrons. The topological polar surface area (TPSA) is 37.3 Å². The molecule has 0 unspecified atom stereocenters. The highest BCUT2D eigenvalue weighted by molar-refractivity contribution is 7.80. The van der Waals surface area contributed by atoms with Crippen molar-refractivity contribution in [2.45, 2.75) is 0 Å².